The molecule has 1 saturated heterocycles. The Hall–Kier alpha value is -0.610. The molecule has 0 bridgehead atoms. The third-order valence-electron chi connectivity index (χ3n) is 2.42. The number of aliphatic hydroxyl groups is 1. The molecule has 1 unspecified atom stereocenters. The van der Waals surface area contributed by atoms with E-state index >= 15 is 0 Å². The van der Waals surface area contributed by atoms with E-state index in [-0.39, 0.29) is 5.91 Å². The lowest BCUT2D eigenvalue weighted by Crippen LogP contribution is -2.43. The van der Waals surface area contributed by atoms with E-state index in [4.69, 9.17) is 0 Å². The SMILES string of the molecule is CC(C)NCC(O)C(=O)N1CCCC1. The van der Waals surface area contributed by atoms with Gasteiger partial charge in [0, 0.05) is 25.7 Å². The van der Waals surface area contributed by atoms with E-state index < -0.39 is 6.10 Å². The smallest absolute Gasteiger partial charge is 0.252 e. The first-order chi connectivity index (χ1) is 6.61. The van der Waals surface area contributed by atoms with Crippen molar-refractivity contribution in [1.82, 2.24) is 10.2 Å². The first-order valence-corrected chi connectivity index (χ1v) is 5.31. The van der Waals surface area contributed by atoms with Crippen molar-refractivity contribution < 1.29 is 9.90 Å². The monoisotopic (exact) mass is 200 g/mol. The number of carbonyl (C=O) groups is 1. The average Bonchev–Trinajstić information content (AvgIpc) is 2.65. The standard InChI is InChI=1S/C10H20N2O2/c1-8(2)11-7-9(13)10(14)12-5-3-4-6-12/h8-9,11,13H,3-7H2,1-2H3. The van der Waals surface area contributed by atoms with Crippen molar-refractivity contribution in [3.63, 3.8) is 0 Å². The highest BCUT2D eigenvalue weighted by atomic mass is 16.3. The van der Waals surface area contributed by atoms with E-state index in [0.717, 1.165) is 25.9 Å². The van der Waals surface area contributed by atoms with Crippen LogP contribution < -0.4 is 5.32 Å². The van der Waals surface area contributed by atoms with Crippen LogP contribution in [0, 0.1) is 0 Å². The molecule has 0 aromatic rings. The van der Waals surface area contributed by atoms with E-state index in [9.17, 15) is 9.90 Å². The summed E-state index contributed by atoms with van der Waals surface area (Å²) in [6.45, 7) is 5.95. The van der Waals surface area contributed by atoms with Gasteiger partial charge in [-0.3, -0.25) is 4.79 Å². The average molecular weight is 200 g/mol. The normalized spacial score (nSPS) is 19.0. The molecule has 1 fully saturated rings. The van der Waals surface area contributed by atoms with Crippen LogP contribution in [0.3, 0.4) is 0 Å². The van der Waals surface area contributed by atoms with Crippen molar-refractivity contribution in [2.45, 2.75) is 38.8 Å². The Labute approximate surface area is 85.3 Å². The predicted molar refractivity (Wildman–Crippen MR) is 55.0 cm³/mol. The van der Waals surface area contributed by atoms with Crippen molar-refractivity contribution in [2.24, 2.45) is 0 Å². The van der Waals surface area contributed by atoms with E-state index in [1.807, 2.05) is 13.8 Å². The number of nitrogens with zero attached hydrogens (tertiary/aromatic N) is 1. The van der Waals surface area contributed by atoms with Crippen LogP contribution in [0.15, 0.2) is 0 Å². The molecular weight excluding hydrogens is 180 g/mol. The van der Waals surface area contributed by atoms with Crippen LogP contribution in [0.25, 0.3) is 0 Å². The summed E-state index contributed by atoms with van der Waals surface area (Å²) in [5.74, 6) is -0.129. The van der Waals surface area contributed by atoms with Crippen LogP contribution in [0.5, 0.6) is 0 Å². The summed E-state index contributed by atoms with van der Waals surface area (Å²) in [5, 5.41) is 12.6. The summed E-state index contributed by atoms with van der Waals surface area (Å²) in [7, 11) is 0. The maximum Gasteiger partial charge on any atom is 0.252 e. The number of amides is 1. The molecule has 0 aliphatic carbocycles. The maximum absolute atomic E-state index is 11.6. The first-order valence-electron chi connectivity index (χ1n) is 5.31. The van der Waals surface area contributed by atoms with Crippen molar-refractivity contribution in [3.05, 3.63) is 0 Å². The zero-order valence-corrected chi connectivity index (χ0v) is 8.99. The van der Waals surface area contributed by atoms with Gasteiger partial charge in [0.2, 0.25) is 0 Å². The Balaban J connectivity index is 2.28. The number of aliphatic hydroxyl groups excluding tert-OH is 1. The Morgan fingerprint density at radius 3 is 2.50 bits per heavy atom. The molecule has 1 amide bonds. The predicted octanol–water partition coefficient (Wildman–Crippen LogP) is -0.0323. The van der Waals surface area contributed by atoms with Crippen LogP contribution in [0.4, 0.5) is 0 Å². The molecule has 1 heterocycles. The Kier molecular flexibility index (Phi) is 4.35. The molecule has 1 atom stereocenters. The molecule has 14 heavy (non-hydrogen) atoms. The molecule has 0 aromatic heterocycles. The topological polar surface area (TPSA) is 52.6 Å². The number of likely N-dealkylation sites (tertiary alicyclic amines) is 1. The fraction of sp³-hybridized carbons (Fsp3) is 0.900. The number of hydrogen-bond acceptors (Lipinski definition) is 3. The zero-order valence-electron chi connectivity index (χ0n) is 8.99. The second-order valence-corrected chi connectivity index (χ2v) is 4.11. The molecule has 82 valence electrons. The number of rotatable bonds is 4. The van der Waals surface area contributed by atoms with Gasteiger partial charge in [0.25, 0.3) is 5.91 Å². The molecule has 0 saturated carbocycles. The molecular formula is C10H20N2O2. The lowest BCUT2D eigenvalue weighted by atomic mass is 10.3. The summed E-state index contributed by atoms with van der Waals surface area (Å²) in [4.78, 5) is 13.3. The lowest BCUT2D eigenvalue weighted by Gasteiger charge is -2.20. The third kappa shape index (κ3) is 3.27. The van der Waals surface area contributed by atoms with Crippen molar-refractivity contribution in [3.8, 4) is 0 Å². The summed E-state index contributed by atoms with van der Waals surface area (Å²) >= 11 is 0. The van der Waals surface area contributed by atoms with Gasteiger partial charge in [-0.2, -0.15) is 0 Å². The highest BCUT2D eigenvalue weighted by molar-refractivity contribution is 5.81. The summed E-state index contributed by atoms with van der Waals surface area (Å²) in [6.07, 6.45) is 1.25. The Morgan fingerprint density at radius 1 is 1.43 bits per heavy atom. The summed E-state index contributed by atoms with van der Waals surface area (Å²) < 4.78 is 0. The third-order valence-corrected chi connectivity index (χ3v) is 2.42. The van der Waals surface area contributed by atoms with E-state index in [1.54, 1.807) is 4.90 Å². The van der Waals surface area contributed by atoms with Crippen LogP contribution in [0.1, 0.15) is 26.7 Å². The second-order valence-electron chi connectivity index (χ2n) is 4.11. The molecule has 1 rings (SSSR count). The van der Waals surface area contributed by atoms with Crippen molar-refractivity contribution in [1.29, 1.82) is 0 Å². The van der Waals surface area contributed by atoms with Gasteiger partial charge in [-0.05, 0) is 12.8 Å². The van der Waals surface area contributed by atoms with Crippen LogP contribution >= 0.6 is 0 Å². The molecule has 2 N–H and O–H groups in total. The van der Waals surface area contributed by atoms with Crippen molar-refractivity contribution >= 4 is 5.91 Å². The van der Waals surface area contributed by atoms with Crippen LogP contribution in [0.2, 0.25) is 0 Å². The lowest BCUT2D eigenvalue weighted by molar-refractivity contribution is -0.138. The van der Waals surface area contributed by atoms with Gasteiger partial charge < -0.3 is 15.3 Å². The van der Waals surface area contributed by atoms with Crippen LogP contribution in [-0.2, 0) is 4.79 Å². The highest BCUT2D eigenvalue weighted by Gasteiger charge is 2.24. The van der Waals surface area contributed by atoms with E-state index in [0.29, 0.717) is 12.6 Å². The van der Waals surface area contributed by atoms with Gasteiger partial charge in [0.15, 0.2) is 0 Å². The minimum absolute atomic E-state index is 0.129. The first kappa shape index (κ1) is 11.5. The minimum atomic E-state index is -0.879. The van der Waals surface area contributed by atoms with E-state index in [1.165, 1.54) is 0 Å². The zero-order chi connectivity index (χ0) is 10.6. The molecule has 0 aromatic carbocycles. The molecule has 1 aliphatic heterocycles. The maximum atomic E-state index is 11.6. The second kappa shape index (κ2) is 5.32. The fourth-order valence-electron chi connectivity index (χ4n) is 1.58. The molecule has 0 spiro atoms. The Bertz CT molecular complexity index is 189. The number of carbonyl (C=O) groups excluding carboxylic acids is 1. The molecule has 0 radical (unpaired) electrons. The summed E-state index contributed by atoms with van der Waals surface area (Å²) in [5.41, 5.74) is 0. The fourth-order valence-corrected chi connectivity index (χ4v) is 1.58. The van der Waals surface area contributed by atoms with E-state index in [2.05, 4.69) is 5.32 Å². The largest absolute Gasteiger partial charge is 0.382 e. The van der Waals surface area contributed by atoms with Gasteiger partial charge in [0.1, 0.15) is 6.10 Å². The Morgan fingerprint density at radius 2 is 2.00 bits per heavy atom. The number of hydrogen-bond donors (Lipinski definition) is 2. The summed E-state index contributed by atoms with van der Waals surface area (Å²) in [6, 6.07) is 0.302. The van der Waals surface area contributed by atoms with Gasteiger partial charge in [-0.25, -0.2) is 0 Å². The van der Waals surface area contributed by atoms with Gasteiger partial charge in [0.05, 0.1) is 0 Å². The van der Waals surface area contributed by atoms with Crippen LogP contribution in [-0.4, -0.2) is 47.7 Å². The highest BCUT2D eigenvalue weighted by Crippen LogP contribution is 2.08. The molecule has 4 nitrogen and oxygen atoms in total. The van der Waals surface area contributed by atoms with Crippen molar-refractivity contribution in [2.75, 3.05) is 19.6 Å². The van der Waals surface area contributed by atoms with Gasteiger partial charge in [-0.15, -0.1) is 0 Å². The van der Waals surface area contributed by atoms with Gasteiger partial charge in [-0.1, -0.05) is 13.8 Å². The number of nitrogens with one attached hydrogen (secondary N) is 1. The minimum Gasteiger partial charge on any atom is -0.382 e. The quantitative estimate of drug-likeness (QED) is 0.670. The molecule has 4 heteroatoms. The molecule has 1 aliphatic rings. The van der Waals surface area contributed by atoms with Gasteiger partial charge >= 0.3 is 0 Å².